The van der Waals surface area contributed by atoms with Crippen molar-refractivity contribution >= 4 is 11.6 Å². The summed E-state index contributed by atoms with van der Waals surface area (Å²) in [4.78, 5) is 20.6. The number of hydrogen-bond acceptors (Lipinski definition) is 4. The van der Waals surface area contributed by atoms with Crippen LogP contribution in [0.3, 0.4) is 0 Å². The van der Waals surface area contributed by atoms with Crippen molar-refractivity contribution in [1.82, 2.24) is 14.8 Å². The number of carbonyl (C=O) groups is 1. The number of hydrogen-bond donors (Lipinski definition) is 1. The zero-order valence-corrected chi connectivity index (χ0v) is 19.4. The fraction of sp³-hybridized carbons (Fsp3) is 0.259. The Hall–Kier alpha value is -3.81. The lowest BCUT2D eigenvalue weighted by Crippen LogP contribution is -2.45. The number of rotatable bonds is 6. The van der Waals surface area contributed by atoms with Crippen LogP contribution in [0.1, 0.15) is 28.8 Å². The second-order valence-corrected chi connectivity index (χ2v) is 8.60. The third-order valence-corrected chi connectivity index (χ3v) is 6.33. The van der Waals surface area contributed by atoms with Crippen LogP contribution in [0.15, 0.2) is 85.5 Å². The SMILES string of the molecule is C=C(Nc1ccc(-c2cccc(C(F)(F)F)c2)cc1)N(C)C1CCN(C(=O)c2cccnc2)CC1. The van der Waals surface area contributed by atoms with Gasteiger partial charge in [-0.2, -0.15) is 13.2 Å². The molecule has 1 N–H and O–H groups in total. The number of nitrogens with one attached hydrogen (secondary N) is 1. The van der Waals surface area contributed by atoms with Crippen LogP contribution < -0.4 is 5.32 Å². The van der Waals surface area contributed by atoms with Crippen LogP contribution >= 0.6 is 0 Å². The van der Waals surface area contributed by atoms with E-state index in [0.29, 0.717) is 35.6 Å². The average molecular weight is 481 g/mol. The maximum Gasteiger partial charge on any atom is 0.416 e. The van der Waals surface area contributed by atoms with Crippen molar-refractivity contribution in [3.63, 3.8) is 0 Å². The summed E-state index contributed by atoms with van der Waals surface area (Å²) < 4.78 is 39.0. The number of amides is 1. The van der Waals surface area contributed by atoms with Gasteiger partial charge in [0.15, 0.2) is 0 Å². The second kappa shape index (κ2) is 10.2. The molecule has 0 radical (unpaired) electrons. The highest BCUT2D eigenvalue weighted by Gasteiger charge is 2.30. The number of anilines is 1. The molecule has 2 heterocycles. The van der Waals surface area contributed by atoms with Gasteiger partial charge < -0.3 is 15.1 Å². The van der Waals surface area contributed by atoms with Gasteiger partial charge >= 0.3 is 6.18 Å². The predicted molar refractivity (Wildman–Crippen MR) is 131 cm³/mol. The quantitative estimate of drug-likeness (QED) is 0.478. The summed E-state index contributed by atoms with van der Waals surface area (Å²) in [6.07, 6.45) is 0.498. The van der Waals surface area contributed by atoms with Gasteiger partial charge in [-0.1, -0.05) is 30.8 Å². The first-order valence-electron chi connectivity index (χ1n) is 11.4. The van der Waals surface area contributed by atoms with Gasteiger partial charge in [-0.25, -0.2) is 0 Å². The number of benzene rings is 2. The first kappa shape index (κ1) is 24.3. The van der Waals surface area contributed by atoms with Gasteiger partial charge in [0.1, 0.15) is 0 Å². The predicted octanol–water partition coefficient (Wildman–Crippen LogP) is 5.89. The van der Waals surface area contributed by atoms with Crippen molar-refractivity contribution in [2.24, 2.45) is 0 Å². The minimum atomic E-state index is -4.37. The smallest absolute Gasteiger partial charge is 0.359 e. The lowest BCUT2D eigenvalue weighted by atomic mass is 10.0. The highest BCUT2D eigenvalue weighted by molar-refractivity contribution is 5.93. The molecule has 0 bridgehead atoms. The number of nitrogens with zero attached hydrogens (tertiary/aromatic N) is 3. The summed E-state index contributed by atoms with van der Waals surface area (Å²) >= 11 is 0. The van der Waals surface area contributed by atoms with E-state index in [9.17, 15) is 18.0 Å². The molecular formula is C27H27F3N4O. The highest BCUT2D eigenvalue weighted by Crippen LogP contribution is 2.32. The Morgan fingerprint density at radius 2 is 1.77 bits per heavy atom. The number of likely N-dealkylation sites (tertiary alicyclic amines) is 1. The molecule has 1 aliphatic rings. The maximum absolute atomic E-state index is 13.0. The Balaban J connectivity index is 1.32. The second-order valence-electron chi connectivity index (χ2n) is 8.60. The first-order valence-corrected chi connectivity index (χ1v) is 11.4. The fourth-order valence-electron chi connectivity index (χ4n) is 4.22. The van der Waals surface area contributed by atoms with Crippen molar-refractivity contribution in [1.29, 1.82) is 0 Å². The van der Waals surface area contributed by atoms with Crippen LogP contribution in [0.2, 0.25) is 0 Å². The van der Waals surface area contributed by atoms with Crippen LogP contribution in [0, 0.1) is 0 Å². The van der Waals surface area contributed by atoms with Gasteiger partial charge in [-0.15, -0.1) is 0 Å². The van der Waals surface area contributed by atoms with Crippen LogP contribution in [0.4, 0.5) is 18.9 Å². The molecule has 1 aromatic heterocycles. The Morgan fingerprint density at radius 3 is 2.40 bits per heavy atom. The van der Waals surface area contributed by atoms with Crippen LogP contribution in [0.25, 0.3) is 11.1 Å². The Labute approximate surface area is 202 Å². The molecule has 3 aromatic rings. The summed E-state index contributed by atoms with van der Waals surface area (Å²) in [5.41, 5.74) is 1.93. The topological polar surface area (TPSA) is 48.5 Å². The van der Waals surface area contributed by atoms with E-state index in [0.717, 1.165) is 30.7 Å². The monoisotopic (exact) mass is 480 g/mol. The van der Waals surface area contributed by atoms with Gasteiger partial charge in [-0.05, 0) is 60.4 Å². The van der Waals surface area contributed by atoms with E-state index < -0.39 is 11.7 Å². The zero-order valence-electron chi connectivity index (χ0n) is 19.4. The number of pyridine rings is 1. The minimum Gasteiger partial charge on any atom is -0.359 e. The van der Waals surface area contributed by atoms with E-state index in [1.807, 2.05) is 24.1 Å². The molecule has 0 atom stereocenters. The third-order valence-electron chi connectivity index (χ3n) is 6.33. The van der Waals surface area contributed by atoms with Crippen LogP contribution in [0.5, 0.6) is 0 Å². The molecule has 8 heteroatoms. The Kier molecular flexibility index (Phi) is 7.10. The molecule has 0 aliphatic carbocycles. The molecule has 2 aromatic carbocycles. The van der Waals surface area contributed by atoms with Crippen molar-refractivity contribution < 1.29 is 18.0 Å². The molecule has 1 fully saturated rings. The molecule has 0 saturated carbocycles. The van der Waals surface area contributed by atoms with E-state index in [1.54, 1.807) is 42.7 Å². The van der Waals surface area contributed by atoms with Gasteiger partial charge in [0.2, 0.25) is 0 Å². The van der Waals surface area contributed by atoms with Crippen molar-refractivity contribution in [3.05, 3.63) is 96.6 Å². The summed E-state index contributed by atoms with van der Waals surface area (Å²) in [5, 5.41) is 3.28. The minimum absolute atomic E-state index is 0.00276. The standard InChI is InChI=1S/C27H27F3N4O/c1-19(33(2)25-12-15-34(16-13-25)26(35)22-6-4-14-31-18-22)32-24-10-8-20(9-11-24)21-5-3-7-23(17-21)27(28,29)30/h3-11,14,17-18,25,32H,1,12-13,15-16H2,2H3. The summed E-state index contributed by atoms with van der Waals surface area (Å²) in [6, 6.07) is 16.3. The van der Waals surface area contributed by atoms with E-state index in [4.69, 9.17) is 0 Å². The van der Waals surface area contributed by atoms with E-state index in [-0.39, 0.29) is 11.9 Å². The Bertz CT molecular complexity index is 1170. The van der Waals surface area contributed by atoms with E-state index >= 15 is 0 Å². The number of alkyl halides is 3. The molecule has 0 unspecified atom stereocenters. The summed E-state index contributed by atoms with van der Waals surface area (Å²) in [6.45, 7) is 5.46. The molecule has 1 aliphatic heterocycles. The number of halogens is 3. The van der Waals surface area contributed by atoms with Gasteiger partial charge in [0.05, 0.1) is 16.9 Å². The first-order chi connectivity index (χ1) is 16.7. The Morgan fingerprint density at radius 1 is 1.06 bits per heavy atom. The maximum atomic E-state index is 13.0. The molecule has 1 amide bonds. The number of piperidine rings is 1. The van der Waals surface area contributed by atoms with Crippen LogP contribution in [-0.2, 0) is 6.18 Å². The zero-order chi connectivity index (χ0) is 25.0. The van der Waals surface area contributed by atoms with E-state index in [2.05, 4.69) is 21.8 Å². The van der Waals surface area contributed by atoms with E-state index in [1.165, 1.54) is 6.07 Å². The highest BCUT2D eigenvalue weighted by atomic mass is 19.4. The molecule has 1 saturated heterocycles. The third kappa shape index (κ3) is 5.82. The largest absolute Gasteiger partial charge is 0.416 e. The van der Waals surface area contributed by atoms with Crippen LogP contribution in [-0.4, -0.2) is 46.9 Å². The summed E-state index contributed by atoms with van der Waals surface area (Å²) in [7, 11) is 1.97. The molecule has 5 nitrogen and oxygen atoms in total. The van der Waals surface area contributed by atoms with Gasteiger partial charge in [0, 0.05) is 44.3 Å². The lowest BCUT2D eigenvalue weighted by Gasteiger charge is -2.38. The normalized spacial score (nSPS) is 14.5. The molecule has 182 valence electrons. The van der Waals surface area contributed by atoms with Crippen molar-refractivity contribution in [2.75, 3.05) is 25.5 Å². The molecule has 35 heavy (non-hydrogen) atoms. The van der Waals surface area contributed by atoms with Crippen molar-refractivity contribution in [3.8, 4) is 11.1 Å². The molecular weight excluding hydrogens is 453 g/mol. The number of carbonyl (C=O) groups excluding carboxylic acids is 1. The fourth-order valence-corrected chi connectivity index (χ4v) is 4.22. The lowest BCUT2D eigenvalue weighted by molar-refractivity contribution is -0.137. The average Bonchev–Trinajstić information content (AvgIpc) is 2.88. The van der Waals surface area contributed by atoms with Gasteiger partial charge in [0.25, 0.3) is 5.91 Å². The molecule has 0 spiro atoms. The van der Waals surface area contributed by atoms with Crippen molar-refractivity contribution in [2.45, 2.75) is 25.1 Å². The van der Waals surface area contributed by atoms with Gasteiger partial charge in [-0.3, -0.25) is 9.78 Å². The number of aromatic nitrogens is 1. The summed E-state index contributed by atoms with van der Waals surface area (Å²) in [5.74, 6) is 0.714. The molecule has 4 rings (SSSR count).